The number of hydrogen-bond donors (Lipinski definition) is 2. The summed E-state index contributed by atoms with van der Waals surface area (Å²) < 4.78 is 0. The topological polar surface area (TPSA) is 77.8 Å². The molecule has 1 fully saturated rings. The minimum atomic E-state index is -0.301. The van der Waals surface area contributed by atoms with Crippen LogP contribution in [0.4, 0.5) is 5.69 Å². The zero-order valence-electron chi connectivity index (χ0n) is 9.60. The van der Waals surface area contributed by atoms with E-state index < -0.39 is 0 Å². The Hall–Kier alpha value is -2.09. The molecule has 1 aliphatic carbocycles. The first kappa shape index (κ1) is 11.4. The van der Waals surface area contributed by atoms with Crippen molar-refractivity contribution in [3.05, 3.63) is 24.0 Å². The maximum Gasteiger partial charge on any atom is 0.242 e. The van der Waals surface area contributed by atoms with Gasteiger partial charge in [0.2, 0.25) is 5.91 Å². The summed E-state index contributed by atoms with van der Waals surface area (Å²) in [6, 6.07) is 5.37. The van der Waals surface area contributed by atoms with Gasteiger partial charge in [0.05, 0.1) is 11.9 Å². The van der Waals surface area contributed by atoms with Crippen LogP contribution < -0.4 is 10.6 Å². The van der Waals surface area contributed by atoms with Gasteiger partial charge in [-0.15, -0.1) is 0 Å². The minimum Gasteiger partial charge on any atom is -0.373 e. The van der Waals surface area contributed by atoms with Crippen LogP contribution in [-0.2, 0) is 4.79 Å². The summed E-state index contributed by atoms with van der Waals surface area (Å²) in [4.78, 5) is 15.6. The van der Waals surface area contributed by atoms with Crippen molar-refractivity contribution in [1.82, 2.24) is 10.3 Å². The Balaban J connectivity index is 1.90. The zero-order chi connectivity index (χ0) is 12.3. The third-order valence-corrected chi connectivity index (χ3v) is 2.58. The van der Waals surface area contributed by atoms with Gasteiger partial charge >= 0.3 is 0 Å². The normalized spacial score (nSPS) is 15.8. The lowest BCUT2D eigenvalue weighted by Gasteiger charge is -2.14. The number of aromatic nitrogens is 1. The number of nitrogens with one attached hydrogen (secondary N) is 2. The van der Waals surface area contributed by atoms with Crippen LogP contribution in [0.2, 0.25) is 0 Å². The minimum absolute atomic E-state index is 0.00291. The molecule has 1 unspecified atom stereocenters. The van der Waals surface area contributed by atoms with Gasteiger partial charge in [-0.05, 0) is 31.9 Å². The molecule has 5 nitrogen and oxygen atoms in total. The predicted molar refractivity (Wildman–Crippen MR) is 63.2 cm³/mol. The lowest BCUT2D eigenvalue weighted by Crippen LogP contribution is -2.38. The second-order valence-electron chi connectivity index (χ2n) is 4.19. The molecule has 2 N–H and O–H groups in total. The van der Waals surface area contributed by atoms with Crippen LogP contribution in [0.3, 0.4) is 0 Å². The maximum absolute atomic E-state index is 11.7. The van der Waals surface area contributed by atoms with E-state index in [0.717, 1.165) is 18.5 Å². The highest BCUT2D eigenvalue weighted by molar-refractivity contribution is 5.84. The fraction of sp³-hybridized carbons (Fsp3) is 0.417. The molecule has 2 rings (SSSR count). The number of nitriles is 1. The van der Waals surface area contributed by atoms with E-state index in [1.54, 1.807) is 25.3 Å². The summed E-state index contributed by atoms with van der Waals surface area (Å²) in [5.41, 5.74) is 1.10. The molecular weight excluding hydrogens is 216 g/mol. The third kappa shape index (κ3) is 3.18. The SMILES string of the molecule is CC(Nc1ccc(C#N)nc1)C(=O)NC1CC1. The number of pyridine rings is 1. The van der Waals surface area contributed by atoms with Gasteiger partial charge in [0.25, 0.3) is 0 Å². The summed E-state index contributed by atoms with van der Waals surface area (Å²) >= 11 is 0. The molecule has 88 valence electrons. The van der Waals surface area contributed by atoms with Crippen molar-refractivity contribution >= 4 is 11.6 Å². The molecule has 5 heteroatoms. The average molecular weight is 230 g/mol. The van der Waals surface area contributed by atoms with E-state index in [9.17, 15) is 4.79 Å². The van der Waals surface area contributed by atoms with Gasteiger partial charge in [0, 0.05) is 6.04 Å². The number of hydrogen-bond acceptors (Lipinski definition) is 4. The number of carbonyl (C=O) groups is 1. The number of anilines is 1. The molecule has 0 bridgehead atoms. The highest BCUT2D eigenvalue weighted by Crippen LogP contribution is 2.19. The maximum atomic E-state index is 11.7. The lowest BCUT2D eigenvalue weighted by molar-refractivity contribution is -0.121. The van der Waals surface area contributed by atoms with Crippen molar-refractivity contribution in [3.8, 4) is 6.07 Å². The van der Waals surface area contributed by atoms with E-state index in [4.69, 9.17) is 5.26 Å². The highest BCUT2D eigenvalue weighted by Gasteiger charge is 2.25. The quantitative estimate of drug-likeness (QED) is 0.810. The van der Waals surface area contributed by atoms with Crippen LogP contribution in [-0.4, -0.2) is 23.0 Å². The Morgan fingerprint density at radius 2 is 2.35 bits per heavy atom. The van der Waals surface area contributed by atoms with Crippen molar-refractivity contribution in [2.75, 3.05) is 5.32 Å². The Kier molecular flexibility index (Phi) is 3.24. The van der Waals surface area contributed by atoms with Gasteiger partial charge in [0.15, 0.2) is 0 Å². The third-order valence-electron chi connectivity index (χ3n) is 2.58. The van der Waals surface area contributed by atoms with Gasteiger partial charge in [-0.1, -0.05) is 0 Å². The molecule has 0 radical (unpaired) electrons. The van der Waals surface area contributed by atoms with Crippen LogP contribution in [0.25, 0.3) is 0 Å². The van der Waals surface area contributed by atoms with Crippen molar-refractivity contribution in [3.63, 3.8) is 0 Å². The van der Waals surface area contributed by atoms with Crippen LogP contribution in [0.1, 0.15) is 25.5 Å². The molecule has 1 heterocycles. The van der Waals surface area contributed by atoms with E-state index in [-0.39, 0.29) is 11.9 Å². The average Bonchev–Trinajstić information content (AvgIpc) is 3.14. The first-order valence-electron chi connectivity index (χ1n) is 5.62. The Labute approximate surface area is 99.9 Å². The summed E-state index contributed by atoms with van der Waals surface area (Å²) in [6.07, 6.45) is 3.72. The molecule has 1 aliphatic rings. The monoisotopic (exact) mass is 230 g/mol. The predicted octanol–water partition coefficient (Wildman–Crippen LogP) is 1.03. The summed E-state index contributed by atoms with van der Waals surface area (Å²) in [5.74, 6) is -0.00291. The fourth-order valence-electron chi connectivity index (χ4n) is 1.41. The summed E-state index contributed by atoms with van der Waals surface area (Å²) in [5, 5.41) is 14.6. The number of amides is 1. The van der Waals surface area contributed by atoms with Crippen LogP contribution in [0.5, 0.6) is 0 Å². The van der Waals surface area contributed by atoms with Crippen LogP contribution in [0, 0.1) is 11.3 Å². The molecule has 0 saturated heterocycles. The lowest BCUT2D eigenvalue weighted by atomic mass is 10.2. The van der Waals surface area contributed by atoms with Gasteiger partial charge in [0.1, 0.15) is 17.8 Å². The Morgan fingerprint density at radius 1 is 1.59 bits per heavy atom. The number of carbonyl (C=O) groups excluding carboxylic acids is 1. The zero-order valence-corrected chi connectivity index (χ0v) is 9.60. The van der Waals surface area contributed by atoms with Crippen molar-refractivity contribution < 1.29 is 4.79 Å². The van der Waals surface area contributed by atoms with E-state index >= 15 is 0 Å². The molecule has 1 amide bonds. The van der Waals surface area contributed by atoms with Gasteiger partial charge in [-0.2, -0.15) is 5.26 Å². The van der Waals surface area contributed by atoms with Crippen LogP contribution in [0.15, 0.2) is 18.3 Å². The first-order chi connectivity index (χ1) is 8.19. The largest absolute Gasteiger partial charge is 0.373 e. The van der Waals surface area contributed by atoms with Gasteiger partial charge in [-0.3, -0.25) is 4.79 Å². The highest BCUT2D eigenvalue weighted by atomic mass is 16.2. The van der Waals surface area contributed by atoms with E-state index in [1.807, 2.05) is 6.07 Å². The fourth-order valence-corrected chi connectivity index (χ4v) is 1.41. The molecule has 1 aromatic heterocycles. The molecular formula is C12H14N4O. The van der Waals surface area contributed by atoms with Crippen LogP contribution >= 0.6 is 0 Å². The molecule has 17 heavy (non-hydrogen) atoms. The second-order valence-corrected chi connectivity index (χ2v) is 4.19. The van der Waals surface area contributed by atoms with Crippen molar-refractivity contribution in [2.24, 2.45) is 0 Å². The molecule has 0 aromatic carbocycles. The first-order valence-corrected chi connectivity index (χ1v) is 5.62. The number of rotatable bonds is 4. The molecule has 1 saturated carbocycles. The Morgan fingerprint density at radius 3 is 2.88 bits per heavy atom. The van der Waals surface area contributed by atoms with E-state index in [2.05, 4.69) is 15.6 Å². The van der Waals surface area contributed by atoms with Crippen molar-refractivity contribution in [1.29, 1.82) is 5.26 Å². The summed E-state index contributed by atoms with van der Waals surface area (Å²) in [7, 11) is 0. The standard InChI is InChI=1S/C12H14N4O/c1-8(12(17)16-9-2-3-9)15-11-5-4-10(6-13)14-7-11/h4-5,7-9,15H,2-3H2,1H3,(H,16,17). The summed E-state index contributed by atoms with van der Waals surface area (Å²) in [6.45, 7) is 1.80. The number of nitrogens with zero attached hydrogens (tertiary/aromatic N) is 2. The Bertz CT molecular complexity index is 445. The smallest absolute Gasteiger partial charge is 0.242 e. The molecule has 0 spiro atoms. The van der Waals surface area contributed by atoms with E-state index in [0.29, 0.717) is 11.7 Å². The van der Waals surface area contributed by atoms with E-state index in [1.165, 1.54) is 0 Å². The van der Waals surface area contributed by atoms with Gasteiger partial charge in [-0.25, -0.2) is 4.98 Å². The molecule has 1 aromatic rings. The van der Waals surface area contributed by atoms with Gasteiger partial charge < -0.3 is 10.6 Å². The molecule has 1 atom stereocenters. The van der Waals surface area contributed by atoms with Crippen molar-refractivity contribution in [2.45, 2.75) is 31.8 Å². The second kappa shape index (κ2) is 4.83. The molecule has 0 aliphatic heterocycles.